The standard InChI is InChI=1S/C22H24F2N2O6/c1-21(2,3)31-19(27)25(20(28)32-22(4,5)6)17-10-8-14(12-18(17)26(29)30)13-7-9-15(23)16(24)11-13/h7-12H,1-6H3. The van der Waals surface area contributed by atoms with Gasteiger partial charge in [-0.05, 0) is 70.9 Å². The third kappa shape index (κ3) is 6.22. The fourth-order valence-electron chi connectivity index (χ4n) is 2.60. The molecule has 0 saturated carbocycles. The van der Waals surface area contributed by atoms with Crippen molar-refractivity contribution in [3.63, 3.8) is 0 Å². The highest BCUT2D eigenvalue weighted by atomic mass is 19.2. The number of carbonyl (C=O) groups is 2. The van der Waals surface area contributed by atoms with Crippen LogP contribution >= 0.6 is 0 Å². The van der Waals surface area contributed by atoms with Crippen molar-refractivity contribution in [2.24, 2.45) is 0 Å². The van der Waals surface area contributed by atoms with Gasteiger partial charge in [0.1, 0.15) is 16.9 Å². The second-order valence-corrected chi connectivity index (χ2v) is 8.89. The number of nitrogens with zero attached hydrogens (tertiary/aromatic N) is 2. The first kappa shape index (κ1) is 24.7. The van der Waals surface area contributed by atoms with Crippen molar-refractivity contribution in [2.45, 2.75) is 52.7 Å². The van der Waals surface area contributed by atoms with Gasteiger partial charge < -0.3 is 9.47 Å². The number of hydrogen-bond donors (Lipinski definition) is 0. The van der Waals surface area contributed by atoms with Gasteiger partial charge in [-0.1, -0.05) is 12.1 Å². The van der Waals surface area contributed by atoms with E-state index in [1.807, 2.05) is 0 Å². The fraction of sp³-hybridized carbons (Fsp3) is 0.364. The van der Waals surface area contributed by atoms with Gasteiger partial charge in [-0.2, -0.15) is 4.90 Å². The summed E-state index contributed by atoms with van der Waals surface area (Å²) in [6.07, 6.45) is -2.34. The lowest BCUT2D eigenvalue weighted by Gasteiger charge is -2.28. The molecule has 0 radical (unpaired) electrons. The summed E-state index contributed by atoms with van der Waals surface area (Å²) in [6, 6.07) is 6.53. The molecule has 0 atom stereocenters. The minimum absolute atomic E-state index is 0.166. The van der Waals surface area contributed by atoms with Crippen LogP contribution in [-0.4, -0.2) is 28.3 Å². The number of carbonyl (C=O) groups excluding carboxylic acids is 2. The van der Waals surface area contributed by atoms with Crippen LogP contribution in [0.5, 0.6) is 0 Å². The number of amides is 2. The molecule has 2 aromatic carbocycles. The van der Waals surface area contributed by atoms with Gasteiger partial charge in [-0.25, -0.2) is 18.4 Å². The topological polar surface area (TPSA) is 99.0 Å². The molecule has 172 valence electrons. The van der Waals surface area contributed by atoms with Crippen LogP contribution in [0.1, 0.15) is 41.5 Å². The van der Waals surface area contributed by atoms with Crippen LogP contribution in [0.2, 0.25) is 0 Å². The van der Waals surface area contributed by atoms with Crippen molar-refractivity contribution >= 4 is 23.6 Å². The van der Waals surface area contributed by atoms with Crippen molar-refractivity contribution in [2.75, 3.05) is 4.90 Å². The number of halogens is 2. The number of ether oxygens (including phenoxy) is 2. The summed E-state index contributed by atoms with van der Waals surface area (Å²) in [4.78, 5) is 37.0. The van der Waals surface area contributed by atoms with Crippen LogP contribution in [0.4, 0.5) is 29.7 Å². The Morgan fingerprint density at radius 1 is 0.844 bits per heavy atom. The highest BCUT2D eigenvalue weighted by Gasteiger charge is 2.36. The Hall–Kier alpha value is -3.56. The number of rotatable bonds is 3. The zero-order chi connectivity index (χ0) is 24.4. The molecule has 0 unspecified atom stereocenters. The van der Waals surface area contributed by atoms with Crippen molar-refractivity contribution in [3.05, 3.63) is 58.1 Å². The summed E-state index contributed by atoms with van der Waals surface area (Å²) in [5.41, 5.74) is -2.70. The van der Waals surface area contributed by atoms with E-state index in [-0.39, 0.29) is 11.1 Å². The minimum atomic E-state index is -1.17. The van der Waals surface area contributed by atoms with Gasteiger partial charge in [0.25, 0.3) is 5.69 Å². The second-order valence-electron chi connectivity index (χ2n) is 8.89. The Labute approximate surface area is 183 Å². The smallest absolute Gasteiger partial charge is 0.424 e. The fourth-order valence-corrected chi connectivity index (χ4v) is 2.60. The van der Waals surface area contributed by atoms with E-state index in [4.69, 9.17) is 9.47 Å². The van der Waals surface area contributed by atoms with Gasteiger partial charge in [0, 0.05) is 6.07 Å². The van der Waals surface area contributed by atoms with Crippen molar-refractivity contribution in [3.8, 4) is 11.1 Å². The molecule has 0 aliphatic rings. The Bertz CT molecular complexity index is 1030. The monoisotopic (exact) mass is 450 g/mol. The lowest BCUT2D eigenvalue weighted by atomic mass is 10.0. The molecule has 0 heterocycles. The van der Waals surface area contributed by atoms with Crippen LogP contribution in [0.25, 0.3) is 11.1 Å². The summed E-state index contributed by atoms with van der Waals surface area (Å²) < 4.78 is 37.3. The van der Waals surface area contributed by atoms with Crippen molar-refractivity contribution in [1.82, 2.24) is 0 Å². The Kier molecular flexibility index (Phi) is 6.87. The van der Waals surface area contributed by atoms with Gasteiger partial charge in [-0.15, -0.1) is 0 Å². The number of hydrogen-bond acceptors (Lipinski definition) is 6. The molecule has 0 aromatic heterocycles. The van der Waals surface area contributed by atoms with Crippen molar-refractivity contribution in [1.29, 1.82) is 0 Å². The maximum atomic E-state index is 13.6. The van der Waals surface area contributed by atoms with E-state index in [1.54, 1.807) is 41.5 Å². The number of imide groups is 1. The highest BCUT2D eigenvalue weighted by Crippen LogP contribution is 2.35. The van der Waals surface area contributed by atoms with Gasteiger partial charge in [-0.3, -0.25) is 10.1 Å². The maximum Gasteiger partial charge on any atom is 0.424 e. The summed E-state index contributed by atoms with van der Waals surface area (Å²) in [7, 11) is 0. The van der Waals surface area contributed by atoms with E-state index in [2.05, 4.69) is 0 Å². The summed E-state index contributed by atoms with van der Waals surface area (Å²) >= 11 is 0. The van der Waals surface area contributed by atoms with E-state index < -0.39 is 51.3 Å². The van der Waals surface area contributed by atoms with Crippen molar-refractivity contribution < 1.29 is 32.8 Å². The number of nitro groups is 1. The van der Waals surface area contributed by atoms with Gasteiger partial charge in [0.15, 0.2) is 11.6 Å². The third-order valence-corrected chi connectivity index (χ3v) is 3.82. The third-order valence-electron chi connectivity index (χ3n) is 3.82. The van der Waals surface area contributed by atoms with Crippen LogP contribution in [0.3, 0.4) is 0 Å². The predicted molar refractivity (Wildman–Crippen MR) is 113 cm³/mol. The quantitative estimate of drug-likeness (QED) is 0.407. The predicted octanol–water partition coefficient (Wildman–Crippen LogP) is 6.22. The first-order valence-electron chi connectivity index (χ1n) is 9.59. The van der Waals surface area contributed by atoms with E-state index in [0.29, 0.717) is 4.90 Å². The molecule has 0 N–H and O–H groups in total. The van der Waals surface area contributed by atoms with Crippen LogP contribution < -0.4 is 4.90 Å². The molecule has 2 aromatic rings. The van der Waals surface area contributed by atoms with Gasteiger partial charge in [0.2, 0.25) is 0 Å². The minimum Gasteiger partial charge on any atom is -0.443 e. The average Bonchev–Trinajstić information content (AvgIpc) is 2.61. The van der Waals surface area contributed by atoms with Crippen LogP contribution in [0.15, 0.2) is 36.4 Å². The highest BCUT2D eigenvalue weighted by molar-refractivity contribution is 6.11. The molecule has 0 saturated heterocycles. The van der Waals surface area contributed by atoms with E-state index in [9.17, 15) is 28.5 Å². The average molecular weight is 450 g/mol. The Balaban J connectivity index is 2.63. The van der Waals surface area contributed by atoms with E-state index in [0.717, 1.165) is 24.3 Å². The summed E-state index contributed by atoms with van der Waals surface area (Å²) in [6.45, 7) is 9.41. The van der Waals surface area contributed by atoms with E-state index >= 15 is 0 Å². The molecular weight excluding hydrogens is 426 g/mol. The van der Waals surface area contributed by atoms with Crippen LogP contribution in [-0.2, 0) is 9.47 Å². The SMILES string of the molecule is CC(C)(C)OC(=O)N(C(=O)OC(C)(C)C)c1ccc(-c2ccc(F)c(F)c2)cc1[N+](=O)[O-]. The first-order chi connectivity index (χ1) is 14.6. The molecule has 0 fully saturated rings. The Morgan fingerprint density at radius 3 is 1.75 bits per heavy atom. The van der Waals surface area contributed by atoms with E-state index in [1.165, 1.54) is 12.1 Å². The zero-order valence-corrected chi connectivity index (χ0v) is 18.6. The second kappa shape index (κ2) is 8.89. The molecule has 10 heteroatoms. The Morgan fingerprint density at radius 2 is 1.31 bits per heavy atom. The lowest BCUT2D eigenvalue weighted by molar-refractivity contribution is -0.384. The number of anilines is 1. The zero-order valence-electron chi connectivity index (χ0n) is 18.6. The number of benzene rings is 2. The molecular formula is C22H24F2N2O6. The largest absolute Gasteiger partial charge is 0.443 e. The molecule has 32 heavy (non-hydrogen) atoms. The number of nitro benzene ring substituents is 1. The molecule has 0 aliphatic carbocycles. The van der Waals surface area contributed by atoms with Crippen LogP contribution in [0, 0.1) is 21.7 Å². The molecule has 2 rings (SSSR count). The van der Waals surface area contributed by atoms with Gasteiger partial charge in [0.05, 0.1) is 4.92 Å². The molecule has 8 nitrogen and oxygen atoms in total. The molecule has 0 spiro atoms. The summed E-state index contributed by atoms with van der Waals surface area (Å²) in [5, 5.41) is 11.8. The maximum absolute atomic E-state index is 13.6. The molecule has 0 bridgehead atoms. The normalized spacial score (nSPS) is 11.6. The first-order valence-corrected chi connectivity index (χ1v) is 9.59. The lowest BCUT2D eigenvalue weighted by Crippen LogP contribution is -2.44. The molecule has 2 amide bonds. The van der Waals surface area contributed by atoms with Gasteiger partial charge >= 0.3 is 12.2 Å². The molecule has 0 aliphatic heterocycles. The summed E-state index contributed by atoms with van der Waals surface area (Å²) in [5.74, 6) is -2.20.